The number of nitrogens with zero attached hydrogens (tertiary/aromatic N) is 1. The first kappa shape index (κ1) is 12.7. The molecule has 0 N–H and O–H groups in total. The van der Waals surface area contributed by atoms with Crippen LogP contribution in [0.3, 0.4) is 0 Å². The monoisotopic (exact) mass is 256 g/mol. The summed E-state index contributed by atoms with van der Waals surface area (Å²) in [7, 11) is 0. The van der Waals surface area contributed by atoms with Crippen LogP contribution in [0.5, 0.6) is 0 Å². The van der Waals surface area contributed by atoms with Crippen molar-refractivity contribution in [1.82, 2.24) is 0 Å². The summed E-state index contributed by atoms with van der Waals surface area (Å²) < 4.78 is 0. The quantitative estimate of drug-likeness (QED) is 0.598. The normalized spacial score (nSPS) is 9.12. The van der Waals surface area contributed by atoms with Gasteiger partial charge in [0.25, 0.3) is 0 Å². The molecule has 0 saturated carbocycles. The van der Waals surface area contributed by atoms with Crippen LogP contribution < -0.4 is 10.0 Å². The predicted octanol–water partition coefficient (Wildman–Crippen LogP) is 1.73. The van der Waals surface area contributed by atoms with Crippen molar-refractivity contribution in [2.24, 2.45) is 0 Å². The molecule has 0 saturated heterocycles. The number of carboxylic acid groups (broad SMARTS) is 1. The molecule has 0 bridgehead atoms. The average molecular weight is 257 g/mol. The fourth-order valence-electron chi connectivity index (χ4n) is 1.09. The van der Waals surface area contributed by atoms with Crippen molar-refractivity contribution < 1.29 is 9.90 Å². The molecular weight excluding hydrogens is 249 g/mol. The minimum Gasteiger partial charge on any atom is -0.530 e. The summed E-state index contributed by atoms with van der Waals surface area (Å²) in [6.45, 7) is 0.00932. The van der Waals surface area contributed by atoms with E-state index >= 15 is 0 Å². The Hall–Kier alpha value is -1.37. The molecule has 0 aromatic heterocycles. The zero-order chi connectivity index (χ0) is 12.0. The first-order valence-corrected chi connectivity index (χ1v) is 5.32. The SMILES string of the molecule is O=C([O-])N(CC#CCCl)c1cccc(Cl)c1. The van der Waals surface area contributed by atoms with Crippen LogP contribution in [0.1, 0.15) is 0 Å². The second-order valence-corrected chi connectivity index (χ2v) is 3.52. The van der Waals surface area contributed by atoms with Gasteiger partial charge in [-0.2, -0.15) is 0 Å². The molecule has 0 atom stereocenters. The molecule has 0 aliphatic carbocycles. The topological polar surface area (TPSA) is 43.4 Å². The molecule has 3 nitrogen and oxygen atoms in total. The van der Waals surface area contributed by atoms with E-state index in [1.807, 2.05) is 0 Å². The van der Waals surface area contributed by atoms with E-state index in [2.05, 4.69) is 11.8 Å². The number of halogens is 2. The summed E-state index contributed by atoms with van der Waals surface area (Å²) in [5.41, 5.74) is 0.427. The number of amides is 1. The van der Waals surface area contributed by atoms with Crippen LogP contribution in [-0.2, 0) is 0 Å². The van der Waals surface area contributed by atoms with E-state index < -0.39 is 6.09 Å². The molecule has 1 rings (SSSR count). The van der Waals surface area contributed by atoms with Crippen molar-refractivity contribution in [2.75, 3.05) is 17.3 Å². The summed E-state index contributed by atoms with van der Waals surface area (Å²) in [6, 6.07) is 6.45. The third kappa shape index (κ3) is 3.65. The Labute approximate surface area is 104 Å². The molecule has 1 aromatic carbocycles. The summed E-state index contributed by atoms with van der Waals surface area (Å²) in [5.74, 6) is 5.35. The molecule has 1 amide bonds. The Morgan fingerprint density at radius 3 is 2.75 bits per heavy atom. The second-order valence-electron chi connectivity index (χ2n) is 2.82. The minimum atomic E-state index is -1.33. The van der Waals surface area contributed by atoms with Gasteiger partial charge in [-0.05, 0) is 18.2 Å². The van der Waals surface area contributed by atoms with Gasteiger partial charge in [-0.1, -0.05) is 29.5 Å². The fourth-order valence-corrected chi connectivity index (χ4v) is 1.37. The molecule has 0 unspecified atom stereocenters. The molecule has 0 aliphatic heterocycles. The van der Waals surface area contributed by atoms with Gasteiger partial charge in [0.2, 0.25) is 0 Å². The van der Waals surface area contributed by atoms with Gasteiger partial charge in [-0.25, -0.2) is 0 Å². The lowest BCUT2D eigenvalue weighted by molar-refractivity contribution is -0.246. The van der Waals surface area contributed by atoms with E-state index in [0.29, 0.717) is 10.7 Å². The molecule has 0 aliphatic rings. The number of rotatable bonds is 2. The number of hydrogen-bond donors (Lipinski definition) is 0. The molecule has 0 heterocycles. The summed E-state index contributed by atoms with van der Waals surface area (Å²) in [4.78, 5) is 11.9. The van der Waals surface area contributed by atoms with E-state index in [4.69, 9.17) is 23.2 Å². The van der Waals surface area contributed by atoms with Crippen LogP contribution in [0, 0.1) is 11.8 Å². The highest BCUT2D eigenvalue weighted by Crippen LogP contribution is 2.18. The van der Waals surface area contributed by atoms with Gasteiger partial charge in [0.1, 0.15) is 6.09 Å². The minimum absolute atomic E-state index is 0.00932. The third-order valence-corrected chi connectivity index (χ3v) is 2.14. The molecule has 0 fully saturated rings. The lowest BCUT2D eigenvalue weighted by Gasteiger charge is -2.22. The number of alkyl halides is 1. The van der Waals surface area contributed by atoms with E-state index in [1.54, 1.807) is 18.2 Å². The van der Waals surface area contributed by atoms with Crippen molar-refractivity contribution >= 4 is 35.0 Å². The van der Waals surface area contributed by atoms with Gasteiger partial charge in [0, 0.05) is 10.7 Å². The number of hydrogen-bond acceptors (Lipinski definition) is 2. The number of benzene rings is 1. The maximum Gasteiger partial charge on any atom is 0.142 e. The first-order chi connectivity index (χ1) is 7.65. The van der Waals surface area contributed by atoms with Gasteiger partial charge in [-0.3, -0.25) is 0 Å². The molecule has 0 spiro atoms. The molecular formula is C11H8Cl2NO2-. The van der Waals surface area contributed by atoms with E-state index in [0.717, 1.165) is 4.90 Å². The molecule has 1 aromatic rings. The molecule has 16 heavy (non-hydrogen) atoms. The Kier molecular flexibility index (Phi) is 4.97. The van der Waals surface area contributed by atoms with Crippen LogP contribution in [0.2, 0.25) is 5.02 Å². The highest BCUT2D eigenvalue weighted by atomic mass is 35.5. The van der Waals surface area contributed by atoms with Crippen LogP contribution >= 0.6 is 23.2 Å². The zero-order valence-corrected chi connectivity index (χ0v) is 9.76. The Morgan fingerprint density at radius 1 is 1.44 bits per heavy atom. The van der Waals surface area contributed by atoms with Gasteiger partial charge in [0.15, 0.2) is 0 Å². The Morgan fingerprint density at radius 2 is 2.19 bits per heavy atom. The van der Waals surface area contributed by atoms with Crippen molar-refractivity contribution in [1.29, 1.82) is 0 Å². The van der Waals surface area contributed by atoms with Crippen molar-refractivity contribution in [3.63, 3.8) is 0 Å². The zero-order valence-electron chi connectivity index (χ0n) is 8.24. The standard InChI is InChI=1S/C11H9Cl2NO2/c12-6-1-2-7-14(11(15)16)10-5-3-4-9(13)8-10/h3-5,8H,6-7H2,(H,15,16)/p-1. The first-order valence-electron chi connectivity index (χ1n) is 4.41. The van der Waals surface area contributed by atoms with Crippen molar-refractivity contribution in [2.45, 2.75) is 0 Å². The molecule has 0 radical (unpaired) electrons. The van der Waals surface area contributed by atoms with E-state index in [1.165, 1.54) is 6.07 Å². The number of carbonyl (C=O) groups excluding carboxylic acids is 1. The van der Waals surface area contributed by atoms with Crippen molar-refractivity contribution in [3.8, 4) is 11.8 Å². The maximum absolute atomic E-state index is 10.9. The van der Waals surface area contributed by atoms with Crippen LogP contribution in [-0.4, -0.2) is 18.5 Å². The second kappa shape index (κ2) is 6.26. The summed E-state index contributed by atoms with van der Waals surface area (Å²) >= 11 is 11.1. The van der Waals surface area contributed by atoms with E-state index in [9.17, 15) is 9.90 Å². The van der Waals surface area contributed by atoms with Crippen LogP contribution in [0.4, 0.5) is 10.5 Å². The highest BCUT2D eigenvalue weighted by molar-refractivity contribution is 6.30. The van der Waals surface area contributed by atoms with Gasteiger partial charge < -0.3 is 14.8 Å². The molecule has 5 heteroatoms. The Bertz CT molecular complexity index is 437. The van der Waals surface area contributed by atoms with Gasteiger partial charge in [0.05, 0.1) is 12.4 Å². The highest BCUT2D eigenvalue weighted by Gasteiger charge is 2.05. The van der Waals surface area contributed by atoms with Crippen LogP contribution in [0.15, 0.2) is 24.3 Å². The largest absolute Gasteiger partial charge is 0.530 e. The Balaban J connectivity index is 2.89. The lowest BCUT2D eigenvalue weighted by Crippen LogP contribution is -2.41. The van der Waals surface area contributed by atoms with Gasteiger partial charge in [-0.15, -0.1) is 11.6 Å². The summed E-state index contributed by atoms with van der Waals surface area (Å²) in [6.07, 6.45) is -1.33. The third-order valence-electron chi connectivity index (χ3n) is 1.77. The lowest BCUT2D eigenvalue weighted by atomic mass is 10.3. The number of anilines is 1. The number of carbonyl (C=O) groups is 1. The van der Waals surface area contributed by atoms with Crippen LogP contribution in [0.25, 0.3) is 0 Å². The van der Waals surface area contributed by atoms with Crippen molar-refractivity contribution in [3.05, 3.63) is 29.3 Å². The maximum atomic E-state index is 10.9. The predicted molar refractivity (Wildman–Crippen MR) is 62.7 cm³/mol. The smallest absolute Gasteiger partial charge is 0.142 e. The van der Waals surface area contributed by atoms with Gasteiger partial charge >= 0.3 is 0 Å². The molecule has 84 valence electrons. The average Bonchev–Trinajstić information content (AvgIpc) is 2.24. The van der Waals surface area contributed by atoms with E-state index in [-0.39, 0.29) is 12.4 Å². The fraction of sp³-hybridized carbons (Fsp3) is 0.182. The summed E-state index contributed by atoms with van der Waals surface area (Å²) in [5, 5.41) is 11.3.